The molecule has 4 nitrogen and oxygen atoms in total. The minimum atomic E-state index is -0.556. The number of anilines is 1. The van der Waals surface area contributed by atoms with Gasteiger partial charge in [0.15, 0.2) is 6.61 Å². The van der Waals surface area contributed by atoms with Crippen molar-refractivity contribution < 1.29 is 14.3 Å². The molecular formula is C16H13BrClNO3. The zero-order chi connectivity index (χ0) is 16.1. The van der Waals surface area contributed by atoms with Crippen molar-refractivity contribution in [3.8, 4) is 0 Å². The summed E-state index contributed by atoms with van der Waals surface area (Å²) in [5.41, 5.74) is 1.73. The van der Waals surface area contributed by atoms with E-state index in [1.54, 1.807) is 49.4 Å². The maximum Gasteiger partial charge on any atom is 0.338 e. The molecule has 0 radical (unpaired) electrons. The van der Waals surface area contributed by atoms with E-state index >= 15 is 0 Å². The van der Waals surface area contributed by atoms with Crippen LogP contribution in [-0.4, -0.2) is 18.5 Å². The fourth-order valence-electron chi connectivity index (χ4n) is 1.76. The van der Waals surface area contributed by atoms with E-state index in [-0.39, 0.29) is 6.61 Å². The van der Waals surface area contributed by atoms with E-state index in [9.17, 15) is 9.59 Å². The molecule has 1 N–H and O–H groups in total. The lowest BCUT2D eigenvalue weighted by Crippen LogP contribution is -2.21. The number of carbonyl (C=O) groups is 2. The number of hydrogen-bond acceptors (Lipinski definition) is 3. The summed E-state index contributed by atoms with van der Waals surface area (Å²) in [6.45, 7) is 1.43. The average Bonchev–Trinajstić information content (AvgIpc) is 2.49. The van der Waals surface area contributed by atoms with Crippen molar-refractivity contribution in [3.05, 3.63) is 63.1 Å². The van der Waals surface area contributed by atoms with Gasteiger partial charge in [-0.15, -0.1) is 0 Å². The summed E-state index contributed by atoms with van der Waals surface area (Å²) in [7, 11) is 0. The quantitative estimate of drug-likeness (QED) is 0.806. The first-order valence-corrected chi connectivity index (χ1v) is 7.62. The third-order valence-corrected chi connectivity index (χ3v) is 3.84. The van der Waals surface area contributed by atoms with Gasteiger partial charge in [-0.1, -0.05) is 39.7 Å². The normalized spacial score (nSPS) is 10.1. The van der Waals surface area contributed by atoms with E-state index in [1.807, 2.05) is 0 Å². The van der Waals surface area contributed by atoms with E-state index in [0.29, 0.717) is 16.3 Å². The van der Waals surface area contributed by atoms with Crippen LogP contribution in [0.15, 0.2) is 46.9 Å². The van der Waals surface area contributed by atoms with Crippen molar-refractivity contribution in [2.24, 2.45) is 0 Å². The van der Waals surface area contributed by atoms with Gasteiger partial charge in [0.1, 0.15) is 0 Å². The number of amides is 1. The third-order valence-electron chi connectivity index (χ3n) is 2.94. The van der Waals surface area contributed by atoms with Gasteiger partial charge in [-0.3, -0.25) is 4.79 Å². The van der Waals surface area contributed by atoms with Crippen molar-refractivity contribution in [2.75, 3.05) is 11.9 Å². The molecule has 0 aliphatic heterocycles. The standard InChI is InChI=1S/C16H13BrClNO3/c1-10-13(18)6-3-7-14(10)19-15(20)9-22-16(21)11-4-2-5-12(17)8-11/h2-8H,9H2,1H3,(H,19,20). The molecule has 2 rings (SSSR count). The molecule has 0 bridgehead atoms. The van der Waals surface area contributed by atoms with Gasteiger partial charge < -0.3 is 10.1 Å². The molecule has 0 aliphatic carbocycles. The Morgan fingerprint density at radius 2 is 1.95 bits per heavy atom. The summed E-state index contributed by atoms with van der Waals surface area (Å²) in [6, 6.07) is 12.0. The Labute approximate surface area is 141 Å². The number of ether oxygens (including phenoxy) is 1. The fourth-order valence-corrected chi connectivity index (χ4v) is 2.33. The molecule has 0 saturated heterocycles. The van der Waals surface area contributed by atoms with Gasteiger partial charge in [-0.05, 0) is 42.8 Å². The summed E-state index contributed by atoms with van der Waals surface area (Å²) in [5, 5.41) is 3.22. The van der Waals surface area contributed by atoms with E-state index in [2.05, 4.69) is 21.2 Å². The van der Waals surface area contributed by atoms with Crippen LogP contribution in [0, 0.1) is 6.92 Å². The molecule has 0 fully saturated rings. The molecule has 0 heterocycles. The van der Waals surface area contributed by atoms with Crippen molar-refractivity contribution >= 4 is 45.1 Å². The van der Waals surface area contributed by atoms with E-state index in [4.69, 9.17) is 16.3 Å². The minimum absolute atomic E-state index is 0.364. The molecule has 2 aromatic carbocycles. The summed E-state index contributed by atoms with van der Waals surface area (Å²) < 4.78 is 5.75. The largest absolute Gasteiger partial charge is 0.452 e. The number of carbonyl (C=O) groups excluding carboxylic acids is 2. The highest BCUT2D eigenvalue weighted by atomic mass is 79.9. The maximum atomic E-state index is 11.8. The smallest absolute Gasteiger partial charge is 0.338 e. The Morgan fingerprint density at radius 3 is 2.68 bits per heavy atom. The minimum Gasteiger partial charge on any atom is -0.452 e. The van der Waals surface area contributed by atoms with Gasteiger partial charge >= 0.3 is 5.97 Å². The zero-order valence-corrected chi connectivity index (χ0v) is 14.1. The molecule has 0 spiro atoms. The molecule has 0 unspecified atom stereocenters. The Hall–Kier alpha value is -1.85. The van der Waals surface area contributed by atoms with Crippen LogP contribution in [0.3, 0.4) is 0 Å². The van der Waals surface area contributed by atoms with E-state index in [1.165, 1.54) is 0 Å². The first kappa shape index (κ1) is 16.5. The van der Waals surface area contributed by atoms with Crippen molar-refractivity contribution in [3.63, 3.8) is 0 Å². The average molecular weight is 383 g/mol. The topological polar surface area (TPSA) is 55.4 Å². The third kappa shape index (κ3) is 4.32. The summed E-state index contributed by atoms with van der Waals surface area (Å²) in [4.78, 5) is 23.7. The molecule has 2 aromatic rings. The fraction of sp³-hybridized carbons (Fsp3) is 0.125. The van der Waals surface area contributed by atoms with Crippen LogP contribution >= 0.6 is 27.5 Å². The van der Waals surface area contributed by atoms with Crippen LogP contribution in [0.5, 0.6) is 0 Å². The van der Waals surface area contributed by atoms with Crippen LogP contribution < -0.4 is 5.32 Å². The van der Waals surface area contributed by atoms with Gasteiger partial charge in [-0.2, -0.15) is 0 Å². The lowest BCUT2D eigenvalue weighted by atomic mass is 10.2. The molecule has 22 heavy (non-hydrogen) atoms. The Morgan fingerprint density at radius 1 is 1.23 bits per heavy atom. The van der Waals surface area contributed by atoms with Crippen molar-refractivity contribution in [1.29, 1.82) is 0 Å². The SMILES string of the molecule is Cc1c(Cl)cccc1NC(=O)COC(=O)c1cccc(Br)c1. The lowest BCUT2D eigenvalue weighted by Gasteiger charge is -2.10. The molecule has 114 valence electrons. The molecular weight excluding hydrogens is 370 g/mol. The highest BCUT2D eigenvalue weighted by Gasteiger charge is 2.12. The van der Waals surface area contributed by atoms with Gasteiger partial charge in [0, 0.05) is 15.2 Å². The number of hydrogen-bond donors (Lipinski definition) is 1. The molecule has 0 aliphatic rings. The number of benzene rings is 2. The molecule has 0 saturated carbocycles. The molecule has 1 amide bonds. The van der Waals surface area contributed by atoms with Crippen molar-refractivity contribution in [1.82, 2.24) is 0 Å². The van der Waals surface area contributed by atoms with Crippen LogP contribution in [0.25, 0.3) is 0 Å². The highest BCUT2D eigenvalue weighted by Crippen LogP contribution is 2.22. The number of nitrogens with one attached hydrogen (secondary N) is 1. The first-order valence-electron chi connectivity index (χ1n) is 6.45. The van der Waals surface area contributed by atoms with E-state index < -0.39 is 11.9 Å². The number of esters is 1. The predicted molar refractivity (Wildman–Crippen MR) is 89.2 cm³/mol. The van der Waals surface area contributed by atoms with Gasteiger partial charge in [-0.25, -0.2) is 4.79 Å². The second kappa shape index (κ2) is 7.42. The second-order valence-electron chi connectivity index (χ2n) is 4.55. The summed E-state index contributed by atoms with van der Waals surface area (Å²) >= 11 is 9.25. The van der Waals surface area contributed by atoms with Crippen LogP contribution in [0.4, 0.5) is 5.69 Å². The zero-order valence-electron chi connectivity index (χ0n) is 11.7. The van der Waals surface area contributed by atoms with Gasteiger partial charge in [0.05, 0.1) is 5.56 Å². The van der Waals surface area contributed by atoms with Crippen LogP contribution in [0.1, 0.15) is 15.9 Å². The molecule has 0 aromatic heterocycles. The number of halogens is 2. The second-order valence-corrected chi connectivity index (χ2v) is 5.87. The highest BCUT2D eigenvalue weighted by molar-refractivity contribution is 9.10. The number of rotatable bonds is 4. The maximum absolute atomic E-state index is 11.8. The Balaban J connectivity index is 1.93. The molecule has 0 atom stereocenters. The summed E-state index contributed by atoms with van der Waals surface area (Å²) in [6.07, 6.45) is 0. The monoisotopic (exact) mass is 381 g/mol. The molecule has 6 heteroatoms. The summed E-state index contributed by atoms with van der Waals surface area (Å²) in [5.74, 6) is -0.979. The van der Waals surface area contributed by atoms with Crippen molar-refractivity contribution in [2.45, 2.75) is 6.92 Å². The van der Waals surface area contributed by atoms with Crippen LogP contribution in [-0.2, 0) is 9.53 Å². The first-order chi connectivity index (χ1) is 10.5. The lowest BCUT2D eigenvalue weighted by molar-refractivity contribution is -0.119. The van der Waals surface area contributed by atoms with Gasteiger partial charge in [0.25, 0.3) is 5.91 Å². The predicted octanol–water partition coefficient (Wildman–Crippen LogP) is 4.21. The Bertz CT molecular complexity index is 718. The van der Waals surface area contributed by atoms with E-state index in [0.717, 1.165) is 10.0 Å². The van der Waals surface area contributed by atoms with Gasteiger partial charge in [0.2, 0.25) is 0 Å². The Kier molecular flexibility index (Phi) is 5.57. The van der Waals surface area contributed by atoms with Crippen LogP contribution in [0.2, 0.25) is 5.02 Å².